The molecule has 1 nitrogen and oxygen atoms in total. The van der Waals surface area contributed by atoms with Gasteiger partial charge in [-0.05, 0) is 25.5 Å². The highest BCUT2D eigenvalue weighted by molar-refractivity contribution is 5.09. The first-order valence-electron chi connectivity index (χ1n) is 3.97. The lowest BCUT2D eigenvalue weighted by Gasteiger charge is -2.05. The summed E-state index contributed by atoms with van der Waals surface area (Å²) in [7, 11) is 0. The van der Waals surface area contributed by atoms with Gasteiger partial charge in [0.15, 0.2) is 0 Å². The van der Waals surface area contributed by atoms with E-state index in [-0.39, 0.29) is 6.42 Å². The summed E-state index contributed by atoms with van der Waals surface area (Å²) in [4.78, 5) is 3.98. The number of alkyl halides is 3. The topological polar surface area (TPSA) is 12.9 Å². The van der Waals surface area contributed by atoms with E-state index in [4.69, 9.17) is 0 Å². The maximum Gasteiger partial charge on any atom is 0.389 e. The third-order valence-electron chi connectivity index (χ3n) is 1.61. The SMILES string of the molecule is Cc1cccc(CCC(F)(F)F)n1. The summed E-state index contributed by atoms with van der Waals surface area (Å²) >= 11 is 0. The fourth-order valence-electron chi connectivity index (χ4n) is 1.01. The number of nitrogens with zero attached hydrogens (tertiary/aromatic N) is 1. The van der Waals surface area contributed by atoms with E-state index in [1.165, 1.54) is 0 Å². The van der Waals surface area contributed by atoms with Crippen LogP contribution in [0, 0.1) is 6.92 Å². The molecule has 0 aliphatic carbocycles. The Balaban J connectivity index is 2.55. The minimum atomic E-state index is -4.09. The van der Waals surface area contributed by atoms with Crippen LogP contribution in [0.15, 0.2) is 18.2 Å². The standard InChI is InChI=1S/C9H10F3N/c1-7-3-2-4-8(13-7)5-6-9(10,11)12/h2-4H,5-6H2,1H3. The predicted octanol–water partition coefficient (Wildman–Crippen LogP) is 2.88. The Labute approximate surface area is 74.6 Å². The Kier molecular flexibility index (Phi) is 2.90. The van der Waals surface area contributed by atoms with Gasteiger partial charge in [0.1, 0.15) is 0 Å². The molecule has 1 aromatic rings. The highest BCUT2D eigenvalue weighted by Crippen LogP contribution is 2.21. The summed E-state index contributed by atoms with van der Waals surface area (Å²) in [6, 6.07) is 5.09. The monoisotopic (exact) mass is 189 g/mol. The molecule has 0 saturated carbocycles. The van der Waals surface area contributed by atoms with Crippen molar-refractivity contribution in [2.45, 2.75) is 25.9 Å². The van der Waals surface area contributed by atoms with Gasteiger partial charge >= 0.3 is 6.18 Å². The third-order valence-corrected chi connectivity index (χ3v) is 1.61. The first-order valence-corrected chi connectivity index (χ1v) is 3.97. The van der Waals surface area contributed by atoms with Gasteiger partial charge in [0, 0.05) is 17.8 Å². The van der Waals surface area contributed by atoms with E-state index in [9.17, 15) is 13.2 Å². The van der Waals surface area contributed by atoms with Crippen molar-refractivity contribution in [2.75, 3.05) is 0 Å². The second-order valence-electron chi connectivity index (χ2n) is 2.89. The van der Waals surface area contributed by atoms with Gasteiger partial charge in [0.25, 0.3) is 0 Å². The second-order valence-corrected chi connectivity index (χ2v) is 2.89. The first-order chi connectivity index (χ1) is 5.97. The number of aromatic nitrogens is 1. The molecule has 1 rings (SSSR count). The van der Waals surface area contributed by atoms with Crippen molar-refractivity contribution in [1.82, 2.24) is 4.98 Å². The van der Waals surface area contributed by atoms with Gasteiger partial charge in [-0.15, -0.1) is 0 Å². The molecule has 0 N–H and O–H groups in total. The number of halogens is 3. The second kappa shape index (κ2) is 3.77. The van der Waals surface area contributed by atoms with Gasteiger partial charge in [-0.1, -0.05) is 6.07 Å². The zero-order chi connectivity index (χ0) is 9.90. The predicted molar refractivity (Wildman–Crippen MR) is 43.4 cm³/mol. The Morgan fingerprint density at radius 1 is 1.31 bits per heavy atom. The van der Waals surface area contributed by atoms with Crippen molar-refractivity contribution in [3.05, 3.63) is 29.6 Å². The van der Waals surface area contributed by atoms with Gasteiger partial charge in [-0.3, -0.25) is 4.98 Å². The molecule has 13 heavy (non-hydrogen) atoms. The van der Waals surface area contributed by atoms with Crippen LogP contribution < -0.4 is 0 Å². The average Bonchev–Trinajstić information content (AvgIpc) is 2.00. The lowest BCUT2D eigenvalue weighted by molar-refractivity contribution is -0.134. The van der Waals surface area contributed by atoms with Crippen molar-refractivity contribution in [3.63, 3.8) is 0 Å². The molecule has 0 fully saturated rings. The molecule has 0 unspecified atom stereocenters. The Morgan fingerprint density at radius 2 is 2.00 bits per heavy atom. The molecule has 0 spiro atoms. The average molecular weight is 189 g/mol. The van der Waals surface area contributed by atoms with Crippen LogP contribution in [-0.2, 0) is 6.42 Å². The largest absolute Gasteiger partial charge is 0.389 e. The highest BCUT2D eigenvalue weighted by atomic mass is 19.4. The van der Waals surface area contributed by atoms with Crippen molar-refractivity contribution < 1.29 is 13.2 Å². The summed E-state index contributed by atoms with van der Waals surface area (Å²) in [5, 5.41) is 0. The maximum absolute atomic E-state index is 11.8. The minimum Gasteiger partial charge on any atom is -0.258 e. The van der Waals surface area contributed by atoms with Crippen molar-refractivity contribution in [1.29, 1.82) is 0 Å². The highest BCUT2D eigenvalue weighted by Gasteiger charge is 2.26. The third kappa shape index (κ3) is 3.92. The molecule has 0 saturated heterocycles. The van der Waals surface area contributed by atoms with Crippen LogP contribution in [0.2, 0.25) is 0 Å². The summed E-state index contributed by atoms with van der Waals surface area (Å²) in [5.74, 6) is 0. The summed E-state index contributed by atoms with van der Waals surface area (Å²) < 4.78 is 35.4. The molecular formula is C9H10F3N. The first kappa shape index (κ1) is 10.0. The molecule has 0 bridgehead atoms. The fraction of sp³-hybridized carbons (Fsp3) is 0.444. The molecule has 0 radical (unpaired) electrons. The summed E-state index contributed by atoms with van der Waals surface area (Å²) in [6.07, 6.45) is -4.93. The van der Waals surface area contributed by atoms with Crippen molar-refractivity contribution in [3.8, 4) is 0 Å². The molecule has 0 aliphatic heterocycles. The van der Waals surface area contributed by atoms with Gasteiger partial charge in [0.2, 0.25) is 0 Å². The maximum atomic E-state index is 11.8. The van der Waals surface area contributed by atoms with Gasteiger partial charge in [-0.2, -0.15) is 13.2 Å². The van der Waals surface area contributed by atoms with E-state index >= 15 is 0 Å². The molecule has 0 aliphatic rings. The number of pyridine rings is 1. The molecule has 0 aromatic carbocycles. The number of hydrogen-bond acceptors (Lipinski definition) is 1. The van der Waals surface area contributed by atoms with Crippen molar-refractivity contribution in [2.24, 2.45) is 0 Å². The van der Waals surface area contributed by atoms with Crippen LogP contribution in [0.3, 0.4) is 0 Å². The fourth-order valence-corrected chi connectivity index (χ4v) is 1.01. The lowest BCUT2D eigenvalue weighted by Crippen LogP contribution is -2.09. The Bertz CT molecular complexity index is 280. The van der Waals surface area contributed by atoms with Gasteiger partial charge < -0.3 is 0 Å². The summed E-state index contributed by atoms with van der Waals surface area (Å²) in [5.41, 5.74) is 1.25. The van der Waals surface area contributed by atoms with E-state index in [2.05, 4.69) is 4.98 Å². The lowest BCUT2D eigenvalue weighted by atomic mass is 10.2. The van der Waals surface area contributed by atoms with Crippen molar-refractivity contribution >= 4 is 0 Å². The number of rotatable bonds is 2. The van der Waals surface area contributed by atoms with Crippen LogP contribution >= 0.6 is 0 Å². The molecule has 0 amide bonds. The minimum absolute atomic E-state index is 0.0365. The molecule has 1 aromatic heterocycles. The van der Waals surface area contributed by atoms with Crippen LogP contribution in [0.25, 0.3) is 0 Å². The smallest absolute Gasteiger partial charge is 0.258 e. The van der Waals surface area contributed by atoms with Crippen LogP contribution in [-0.4, -0.2) is 11.2 Å². The number of hydrogen-bond donors (Lipinski definition) is 0. The van der Waals surface area contributed by atoms with Crippen LogP contribution in [0.5, 0.6) is 0 Å². The normalized spacial score (nSPS) is 11.7. The zero-order valence-corrected chi connectivity index (χ0v) is 7.23. The molecule has 72 valence electrons. The van der Waals surface area contributed by atoms with E-state index in [0.717, 1.165) is 5.69 Å². The molecule has 1 heterocycles. The Hall–Kier alpha value is -1.06. The summed E-state index contributed by atoms with van der Waals surface area (Å²) in [6.45, 7) is 1.76. The Morgan fingerprint density at radius 3 is 2.54 bits per heavy atom. The zero-order valence-electron chi connectivity index (χ0n) is 7.23. The van der Waals surface area contributed by atoms with E-state index in [0.29, 0.717) is 5.69 Å². The number of aryl methyl sites for hydroxylation is 2. The van der Waals surface area contributed by atoms with Gasteiger partial charge in [0.05, 0.1) is 0 Å². The molecule has 4 heteroatoms. The molecular weight excluding hydrogens is 179 g/mol. The van der Waals surface area contributed by atoms with Gasteiger partial charge in [-0.25, -0.2) is 0 Å². The molecule has 0 atom stereocenters. The van der Waals surface area contributed by atoms with E-state index < -0.39 is 12.6 Å². The van der Waals surface area contributed by atoms with Crippen LogP contribution in [0.4, 0.5) is 13.2 Å². The van der Waals surface area contributed by atoms with E-state index in [1.807, 2.05) is 0 Å². The van der Waals surface area contributed by atoms with E-state index in [1.54, 1.807) is 25.1 Å². The van der Waals surface area contributed by atoms with Crippen LogP contribution in [0.1, 0.15) is 17.8 Å². The quantitative estimate of drug-likeness (QED) is 0.697.